The molecular weight excluding hydrogens is 246 g/mol. The van der Waals surface area contributed by atoms with Gasteiger partial charge in [-0.3, -0.25) is 4.79 Å². The average molecular weight is 261 g/mol. The molecule has 16 heavy (non-hydrogen) atoms. The van der Waals surface area contributed by atoms with Crippen molar-refractivity contribution in [2.24, 2.45) is 0 Å². The summed E-state index contributed by atoms with van der Waals surface area (Å²) in [4.78, 5) is 15.5. The Bertz CT molecular complexity index is 343. The lowest BCUT2D eigenvalue weighted by Gasteiger charge is -2.09. The van der Waals surface area contributed by atoms with Gasteiger partial charge in [-0.2, -0.15) is 0 Å². The van der Waals surface area contributed by atoms with Crippen molar-refractivity contribution in [1.82, 2.24) is 10.3 Å². The van der Waals surface area contributed by atoms with Crippen molar-refractivity contribution >= 4 is 34.1 Å². The Hall–Kier alpha value is -0.790. The number of hydrogen-bond donors (Lipinski definition) is 2. The zero-order chi connectivity index (χ0) is 12.0. The maximum absolute atomic E-state index is 11.6. The first-order valence-electron chi connectivity index (χ1n) is 4.78. The largest absolute Gasteiger partial charge is 0.383 e. The van der Waals surface area contributed by atoms with Crippen molar-refractivity contribution in [3.63, 3.8) is 0 Å². The van der Waals surface area contributed by atoms with Crippen molar-refractivity contribution < 1.29 is 9.53 Å². The number of carbonyl (C=O) groups excluding carboxylic acids is 1. The van der Waals surface area contributed by atoms with Crippen LogP contribution in [0.25, 0.3) is 0 Å². The fraction of sp³-hybridized carbons (Fsp3) is 0.556. The van der Waals surface area contributed by atoms with E-state index in [0.29, 0.717) is 18.3 Å². The Balaban J connectivity index is 2.34. The van der Waals surface area contributed by atoms with Gasteiger partial charge in [0.1, 0.15) is 0 Å². The van der Waals surface area contributed by atoms with Crippen LogP contribution in [0.1, 0.15) is 6.92 Å². The molecule has 0 bridgehead atoms. The molecule has 0 aliphatic rings. The van der Waals surface area contributed by atoms with E-state index < -0.39 is 0 Å². The molecule has 0 saturated heterocycles. The summed E-state index contributed by atoms with van der Waals surface area (Å²) in [5.41, 5.74) is 5.51. The molecule has 7 heteroatoms. The first-order valence-corrected chi connectivity index (χ1v) is 6.47. The minimum absolute atomic E-state index is 0.00554. The van der Waals surface area contributed by atoms with Crippen molar-refractivity contribution in [2.45, 2.75) is 16.4 Å². The van der Waals surface area contributed by atoms with Gasteiger partial charge in [0.25, 0.3) is 0 Å². The Morgan fingerprint density at radius 2 is 2.56 bits per heavy atom. The van der Waals surface area contributed by atoms with Crippen LogP contribution in [0.3, 0.4) is 0 Å². The van der Waals surface area contributed by atoms with Gasteiger partial charge in [-0.25, -0.2) is 4.98 Å². The van der Waals surface area contributed by atoms with Crippen molar-refractivity contribution in [3.05, 3.63) is 6.20 Å². The standard InChI is InChI=1S/C9H15N3O2S2/c1-6(8(13)11-3-4-14-2)15-7-5-12-9(10)16-7/h5-6H,3-4H2,1-2H3,(H2,10,12)(H,11,13). The molecule has 1 unspecified atom stereocenters. The van der Waals surface area contributed by atoms with Crippen LogP contribution in [0.4, 0.5) is 5.13 Å². The zero-order valence-corrected chi connectivity index (χ0v) is 10.9. The second-order valence-corrected chi connectivity index (χ2v) is 5.76. The molecule has 1 atom stereocenters. The fourth-order valence-electron chi connectivity index (χ4n) is 0.974. The molecule has 0 fully saturated rings. The van der Waals surface area contributed by atoms with Gasteiger partial charge in [0.15, 0.2) is 5.13 Å². The lowest BCUT2D eigenvalue weighted by atomic mass is 10.4. The highest BCUT2D eigenvalue weighted by atomic mass is 32.2. The lowest BCUT2D eigenvalue weighted by molar-refractivity contribution is -0.120. The fourth-order valence-corrected chi connectivity index (χ4v) is 2.93. The summed E-state index contributed by atoms with van der Waals surface area (Å²) in [7, 11) is 1.60. The maximum atomic E-state index is 11.6. The first-order chi connectivity index (χ1) is 7.63. The van der Waals surface area contributed by atoms with E-state index in [1.807, 2.05) is 6.92 Å². The molecule has 5 nitrogen and oxygen atoms in total. The molecule has 1 aromatic rings. The van der Waals surface area contributed by atoms with Crippen LogP contribution >= 0.6 is 23.1 Å². The molecule has 3 N–H and O–H groups in total. The van der Waals surface area contributed by atoms with E-state index in [2.05, 4.69) is 10.3 Å². The number of nitrogens with one attached hydrogen (secondary N) is 1. The third-order valence-electron chi connectivity index (χ3n) is 1.77. The number of aromatic nitrogens is 1. The third-order valence-corrected chi connectivity index (χ3v) is 3.84. The quantitative estimate of drug-likeness (QED) is 0.589. The highest BCUT2D eigenvalue weighted by Gasteiger charge is 2.14. The first kappa shape index (κ1) is 13.3. The van der Waals surface area contributed by atoms with Crippen LogP contribution < -0.4 is 11.1 Å². The van der Waals surface area contributed by atoms with Crippen molar-refractivity contribution in [1.29, 1.82) is 0 Å². The second kappa shape index (κ2) is 6.72. The molecule has 0 aromatic carbocycles. The van der Waals surface area contributed by atoms with E-state index in [-0.39, 0.29) is 11.2 Å². The van der Waals surface area contributed by atoms with Crippen LogP contribution in [0.5, 0.6) is 0 Å². The van der Waals surface area contributed by atoms with E-state index in [1.165, 1.54) is 23.1 Å². The van der Waals surface area contributed by atoms with E-state index in [0.717, 1.165) is 4.21 Å². The van der Waals surface area contributed by atoms with E-state index in [4.69, 9.17) is 10.5 Å². The third kappa shape index (κ3) is 4.38. The van der Waals surface area contributed by atoms with Gasteiger partial charge in [-0.05, 0) is 6.92 Å². The Morgan fingerprint density at radius 3 is 3.12 bits per heavy atom. The number of hydrogen-bond acceptors (Lipinski definition) is 6. The number of nitrogens with zero attached hydrogens (tertiary/aromatic N) is 1. The number of thiazole rings is 1. The van der Waals surface area contributed by atoms with Crippen molar-refractivity contribution in [2.75, 3.05) is 26.0 Å². The number of ether oxygens (including phenoxy) is 1. The average Bonchev–Trinajstić information content (AvgIpc) is 2.64. The van der Waals surface area contributed by atoms with E-state index in [1.54, 1.807) is 13.3 Å². The molecule has 0 saturated carbocycles. The number of amides is 1. The number of methoxy groups -OCH3 is 1. The topological polar surface area (TPSA) is 77.2 Å². The van der Waals surface area contributed by atoms with Gasteiger partial charge in [0.2, 0.25) is 5.91 Å². The van der Waals surface area contributed by atoms with Gasteiger partial charge in [0, 0.05) is 13.7 Å². The summed E-state index contributed by atoms with van der Waals surface area (Å²) in [6.07, 6.45) is 1.68. The summed E-state index contributed by atoms with van der Waals surface area (Å²) >= 11 is 2.84. The monoisotopic (exact) mass is 261 g/mol. The minimum atomic E-state index is -0.156. The molecule has 0 spiro atoms. The van der Waals surface area contributed by atoms with Crippen LogP contribution in [-0.4, -0.2) is 36.4 Å². The number of anilines is 1. The van der Waals surface area contributed by atoms with Gasteiger partial charge >= 0.3 is 0 Å². The number of nitrogen functional groups attached to an aromatic ring is 1. The van der Waals surface area contributed by atoms with Crippen LogP contribution in [0, 0.1) is 0 Å². The summed E-state index contributed by atoms with van der Waals surface area (Å²) < 4.78 is 5.80. The predicted octanol–water partition coefficient (Wildman–Crippen LogP) is 0.968. The van der Waals surface area contributed by atoms with Crippen LogP contribution in [-0.2, 0) is 9.53 Å². The highest BCUT2D eigenvalue weighted by molar-refractivity contribution is 8.02. The molecule has 0 aliphatic carbocycles. The number of thioether (sulfide) groups is 1. The van der Waals surface area contributed by atoms with Crippen LogP contribution in [0.2, 0.25) is 0 Å². The van der Waals surface area contributed by atoms with E-state index >= 15 is 0 Å². The van der Waals surface area contributed by atoms with Gasteiger partial charge in [0.05, 0.1) is 22.3 Å². The van der Waals surface area contributed by atoms with E-state index in [9.17, 15) is 4.79 Å². The number of nitrogens with two attached hydrogens (primary N) is 1. The summed E-state index contributed by atoms with van der Waals surface area (Å²) in [6.45, 7) is 2.91. The van der Waals surface area contributed by atoms with Crippen molar-refractivity contribution in [3.8, 4) is 0 Å². The number of carbonyl (C=O) groups is 1. The molecule has 1 rings (SSSR count). The maximum Gasteiger partial charge on any atom is 0.233 e. The Morgan fingerprint density at radius 1 is 1.81 bits per heavy atom. The second-order valence-electron chi connectivity index (χ2n) is 3.06. The Labute approximate surface area is 103 Å². The normalized spacial score (nSPS) is 12.4. The molecule has 1 heterocycles. The summed E-state index contributed by atoms with van der Waals surface area (Å²) in [6, 6.07) is 0. The molecule has 0 aliphatic heterocycles. The van der Waals surface area contributed by atoms with Gasteiger partial charge in [-0.1, -0.05) is 11.3 Å². The molecule has 0 radical (unpaired) electrons. The predicted molar refractivity (Wildman–Crippen MR) is 66.7 cm³/mol. The minimum Gasteiger partial charge on any atom is -0.383 e. The van der Waals surface area contributed by atoms with Gasteiger partial charge < -0.3 is 15.8 Å². The number of rotatable bonds is 6. The molecule has 90 valence electrons. The molecule has 1 aromatic heterocycles. The molecular formula is C9H15N3O2S2. The lowest BCUT2D eigenvalue weighted by Crippen LogP contribution is -2.33. The smallest absolute Gasteiger partial charge is 0.233 e. The Kier molecular flexibility index (Phi) is 5.58. The zero-order valence-electron chi connectivity index (χ0n) is 9.23. The van der Waals surface area contributed by atoms with Gasteiger partial charge in [-0.15, -0.1) is 11.8 Å². The van der Waals surface area contributed by atoms with Crippen LogP contribution in [0.15, 0.2) is 10.4 Å². The molecule has 1 amide bonds. The SMILES string of the molecule is COCCNC(=O)C(C)Sc1cnc(N)s1. The summed E-state index contributed by atoms with van der Waals surface area (Å²) in [5.74, 6) is -0.00554. The highest BCUT2D eigenvalue weighted by Crippen LogP contribution is 2.29. The summed E-state index contributed by atoms with van der Waals surface area (Å²) in [5, 5.41) is 3.15.